The average Bonchev–Trinajstić information content (AvgIpc) is 2.82. The lowest BCUT2D eigenvalue weighted by molar-refractivity contribution is -0.115. The van der Waals surface area contributed by atoms with Gasteiger partial charge in [0.25, 0.3) is 0 Å². The first-order valence-corrected chi connectivity index (χ1v) is 7.94. The van der Waals surface area contributed by atoms with Crippen molar-refractivity contribution in [3.63, 3.8) is 0 Å². The molecule has 2 nitrogen and oxygen atoms in total. The molecule has 1 heterocycles. The number of thioether (sulfide) groups is 1. The van der Waals surface area contributed by atoms with Gasteiger partial charge in [-0.15, -0.1) is 11.8 Å². The van der Waals surface area contributed by atoms with E-state index in [1.807, 2.05) is 24.3 Å². The van der Waals surface area contributed by atoms with Crippen LogP contribution in [0.1, 0.15) is 10.9 Å². The number of anilines is 1. The third-order valence-electron chi connectivity index (χ3n) is 3.14. The number of rotatable bonds is 2. The van der Waals surface area contributed by atoms with Crippen molar-refractivity contribution in [2.24, 2.45) is 0 Å². The number of amides is 1. The SMILES string of the molecule is O=C1CSC(c2ccc(Br)cc2)N1c1ccccc1F. The molecule has 1 amide bonds. The minimum Gasteiger partial charge on any atom is -0.292 e. The number of carbonyl (C=O) groups is 1. The van der Waals surface area contributed by atoms with Crippen molar-refractivity contribution in [1.82, 2.24) is 0 Å². The number of hydrogen-bond acceptors (Lipinski definition) is 2. The molecule has 3 rings (SSSR count). The normalized spacial score (nSPS) is 18.6. The predicted molar refractivity (Wildman–Crippen MR) is 83.2 cm³/mol. The first kappa shape index (κ1) is 13.6. The summed E-state index contributed by atoms with van der Waals surface area (Å²) in [5.74, 6) is -0.0619. The van der Waals surface area contributed by atoms with E-state index in [4.69, 9.17) is 0 Å². The number of benzene rings is 2. The van der Waals surface area contributed by atoms with Gasteiger partial charge in [0.2, 0.25) is 5.91 Å². The monoisotopic (exact) mass is 351 g/mol. The quantitative estimate of drug-likeness (QED) is 0.800. The molecule has 1 aliphatic rings. The molecule has 20 heavy (non-hydrogen) atoms. The molecule has 1 saturated heterocycles. The summed E-state index contributed by atoms with van der Waals surface area (Å²) in [6.07, 6.45) is 0. The first-order chi connectivity index (χ1) is 9.66. The van der Waals surface area contributed by atoms with Gasteiger partial charge in [0, 0.05) is 4.47 Å². The Hall–Kier alpha value is -1.33. The molecule has 1 fully saturated rings. The van der Waals surface area contributed by atoms with Gasteiger partial charge in [0.05, 0.1) is 11.4 Å². The molecule has 1 aliphatic heterocycles. The number of para-hydroxylation sites is 1. The second kappa shape index (κ2) is 5.58. The van der Waals surface area contributed by atoms with Gasteiger partial charge in [0.15, 0.2) is 0 Å². The van der Waals surface area contributed by atoms with Gasteiger partial charge in [0.1, 0.15) is 11.2 Å². The van der Waals surface area contributed by atoms with E-state index in [0.717, 1.165) is 10.0 Å². The second-order valence-electron chi connectivity index (χ2n) is 4.43. The maximum absolute atomic E-state index is 14.0. The van der Waals surface area contributed by atoms with Crippen LogP contribution in [0.2, 0.25) is 0 Å². The maximum Gasteiger partial charge on any atom is 0.238 e. The summed E-state index contributed by atoms with van der Waals surface area (Å²) in [4.78, 5) is 13.7. The van der Waals surface area contributed by atoms with E-state index in [1.165, 1.54) is 17.8 Å². The van der Waals surface area contributed by atoms with Crippen molar-refractivity contribution in [3.8, 4) is 0 Å². The van der Waals surface area contributed by atoms with Gasteiger partial charge in [-0.3, -0.25) is 9.69 Å². The van der Waals surface area contributed by atoms with Crippen molar-refractivity contribution in [1.29, 1.82) is 0 Å². The summed E-state index contributed by atoms with van der Waals surface area (Å²) in [5.41, 5.74) is 1.34. The second-order valence-corrected chi connectivity index (χ2v) is 6.41. The van der Waals surface area contributed by atoms with E-state index in [0.29, 0.717) is 11.4 Å². The molecule has 0 aliphatic carbocycles. The first-order valence-electron chi connectivity index (χ1n) is 6.10. The standard InChI is InChI=1S/C15H11BrFNOS/c16-11-7-5-10(6-8-11)15-18(14(19)9-20-15)13-4-2-1-3-12(13)17/h1-8,15H,9H2. The zero-order valence-electron chi connectivity index (χ0n) is 10.4. The largest absolute Gasteiger partial charge is 0.292 e. The lowest BCUT2D eigenvalue weighted by Crippen LogP contribution is -2.28. The molecule has 1 unspecified atom stereocenters. The van der Waals surface area contributed by atoms with Crippen LogP contribution >= 0.6 is 27.7 Å². The highest BCUT2D eigenvalue weighted by atomic mass is 79.9. The molecule has 0 radical (unpaired) electrons. The molecule has 1 atom stereocenters. The Balaban J connectivity index is 2.01. The number of carbonyl (C=O) groups excluding carboxylic acids is 1. The molecule has 2 aromatic carbocycles. The summed E-state index contributed by atoms with van der Waals surface area (Å²) >= 11 is 4.91. The Kier molecular flexibility index (Phi) is 3.81. The van der Waals surface area contributed by atoms with E-state index in [-0.39, 0.29) is 17.1 Å². The molecule has 0 spiro atoms. The fourth-order valence-corrected chi connectivity index (χ4v) is 3.64. The average molecular weight is 352 g/mol. The number of hydrogen-bond donors (Lipinski definition) is 0. The lowest BCUT2D eigenvalue weighted by atomic mass is 10.2. The topological polar surface area (TPSA) is 20.3 Å². The highest BCUT2D eigenvalue weighted by Gasteiger charge is 2.35. The van der Waals surface area contributed by atoms with Crippen LogP contribution in [0.25, 0.3) is 0 Å². The fourth-order valence-electron chi connectivity index (χ4n) is 2.21. The Morgan fingerprint density at radius 1 is 1.15 bits per heavy atom. The van der Waals surface area contributed by atoms with Crippen molar-refractivity contribution in [3.05, 3.63) is 64.4 Å². The lowest BCUT2D eigenvalue weighted by Gasteiger charge is -2.24. The fraction of sp³-hybridized carbons (Fsp3) is 0.133. The number of halogens is 2. The smallest absolute Gasteiger partial charge is 0.238 e. The van der Waals surface area contributed by atoms with Crippen LogP contribution < -0.4 is 4.90 Å². The van der Waals surface area contributed by atoms with Crippen molar-refractivity contribution in [2.75, 3.05) is 10.7 Å². The Morgan fingerprint density at radius 2 is 1.85 bits per heavy atom. The van der Waals surface area contributed by atoms with E-state index >= 15 is 0 Å². The Labute approximate surface area is 129 Å². The van der Waals surface area contributed by atoms with Gasteiger partial charge in [-0.05, 0) is 29.8 Å². The summed E-state index contributed by atoms with van der Waals surface area (Å²) in [6.45, 7) is 0. The van der Waals surface area contributed by atoms with E-state index < -0.39 is 0 Å². The van der Waals surface area contributed by atoms with Crippen LogP contribution in [0.5, 0.6) is 0 Å². The molecule has 102 valence electrons. The van der Waals surface area contributed by atoms with Gasteiger partial charge in [-0.25, -0.2) is 4.39 Å². The van der Waals surface area contributed by atoms with Crippen molar-refractivity contribution in [2.45, 2.75) is 5.37 Å². The van der Waals surface area contributed by atoms with E-state index in [2.05, 4.69) is 15.9 Å². The molecule has 2 aromatic rings. The van der Waals surface area contributed by atoms with Crippen LogP contribution in [-0.2, 0) is 4.79 Å². The van der Waals surface area contributed by atoms with Crippen LogP contribution in [0.3, 0.4) is 0 Å². The summed E-state index contributed by atoms with van der Waals surface area (Å²) in [6, 6.07) is 14.2. The van der Waals surface area contributed by atoms with Gasteiger partial charge >= 0.3 is 0 Å². The minimum absolute atomic E-state index is 0.0620. The Morgan fingerprint density at radius 3 is 2.55 bits per heavy atom. The van der Waals surface area contributed by atoms with Gasteiger partial charge in [-0.2, -0.15) is 0 Å². The summed E-state index contributed by atoms with van der Waals surface area (Å²) in [5, 5.41) is -0.174. The summed E-state index contributed by atoms with van der Waals surface area (Å²) in [7, 11) is 0. The minimum atomic E-state index is -0.370. The highest BCUT2D eigenvalue weighted by Crippen LogP contribution is 2.42. The predicted octanol–water partition coefficient (Wildman–Crippen LogP) is 4.37. The van der Waals surface area contributed by atoms with Gasteiger partial charge < -0.3 is 0 Å². The van der Waals surface area contributed by atoms with Crippen LogP contribution in [0, 0.1) is 5.82 Å². The van der Waals surface area contributed by atoms with Gasteiger partial charge in [-0.1, -0.05) is 40.2 Å². The van der Waals surface area contributed by atoms with Crippen molar-refractivity contribution >= 4 is 39.3 Å². The maximum atomic E-state index is 14.0. The third-order valence-corrected chi connectivity index (χ3v) is 4.88. The molecule has 5 heteroatoms. The highest BCUT2D eigenvalue weighted by molar-refractivity contribution is 9.10. The van der Waals surface area contributed by atoms with E-state index in [1.54, 1.807) is 23.1 Å². The third kappa shape index (κ3) is 2.47. The zero-order chi connectivity index (χ0) is 14.1. The van der Waals surface area contributed by atoms with Crippen molar-refractivity contribution < 1.29 is 9.18 Å². The Bertz CT molecular complexity index is 647. The summed E-state index contributed by atoms with van der Waals surface area (Å²) < 4.78 is 14.9. The molecule has 0 aromatic heterocycles. The van der Waals surface area contributed by atoms with Crippen LogP contribution in [0.4, 0.5) is 10.1 Å². The molecular formula is C15H11BrFNOS. The molecule has 0 N–H and O–H groups in total. The molecular weight excluding hydrogens is 341 g/mol. The van der Waals surface area contributed by atoms with Crippen LogP contribution in [-0.4, -0.2) is 11.7 Å². The van der Waals surface area contributed by atoms with Crippen LogP contribution in [0.15, 0.2) is 53.0 Å². The zero-order valence-corrected chi connectivity index (χ0v) is 12.8. The molecule has 0 bridgehead atoms. The van der Waals surface area contributed by atoms with E-state index in [9.17, 15) is 9.18 Å². The number of nitrogens with zero attached hydrogens (tertiary/aromatic N) is 1. The molecule has 0 saturated carbocycles.